The van der Waals surface area contributed by atoms with E-state index >= 15 is 0 Å². The summed E-state index contributed by atoms with van der Waals surface area (Å²) in [6.45, 7) is 4.60. The van der Waals surface area contributed by atoms with E-state index < -0.39 is 0 Å². The molecule has 0 spiro atoms. The summed E-state index contributed by atoms with van der Waals surface area (Å²) in [4.78, 5) is 16.2. The van der Waals surface area contributed by atoms with Crippen LogP contribution >= 0.6 is 0 Å². The lowest BCUT2D eigenvalue weighted by atomic mass is 10.1. The molecular formula is C15H19N3O3. The second-order valence-corrected chi connectivity index (χ2v) is 4.48. The number of anilines is 1. The van der Waals surface area contributed by atoms with E-state index in [-0.39, 0.29) is 12.5 Å². The zero-order chi connectivity index (χ0) is 15.2. The number of aryl methyl sites for hydroxylation is 1. The maximum absolute atomic E-state index is 12.1. The fraction of sp³-hybridized carbons (Fsp3) is 0.333. The van der Waals surface area contributed by atoms with Gasteiger partial charge in [-0.05, 0) is 19.1 Å². The lowest BCUT2D eigenvalue weighted by Gasteiger charge is -2.08. The number of rotatable bonds is 6. The molecule has 21 heavy (non-hydrogen) atoms. The van der Waals surface area contributed by atoms with Crippen LogP contribution in [0.2, 0.25) is 0 Å². The van der Waals surface area contributed by atoms with Gasteiger partial charge in [0.25, 0.3) is 5.91 Å². The molecule has 0 bridgehead atoms. The predicted molar refractivity (Wildman–Crippen MR) is 79.1 cm³/mol. The molecule has 6 heteroatoms. The SMILES string of the molecule is CCOc1cc(N)cc(C(=O)NCc2ncc(CC)o2)c1. The van der Waals surface area contributed by atoms with Crippen molar-refractivity contribution in [2.24, 2.45) is 0 Å². The van der Waals surface area contributed by atoms with Gasteiger partial charge in [0.2, 0.25) is 5.89 Å². The van der Waals surface area contributed by atoms with Gasteiger partial charge in [-0.25, -0.2) is 4.98 Å². The van der Waals surface area contributed by atoms with Gasteiger partial charge in [0.15, 0.2) is 0 Å². The van der Waals surface area contributed by atoms with Crippen LogP contribution in [-0.4, -0.2) is 17.5 Å². The van der Waals surface area contributed by atoms with E-state index in [9.17, 15) is 4.79 Å². The number of carbonyl (C=O) groups is 1. The number of nitrogens with zero attached hydrogens (tertiary/aromatic N) is 1. The Balaban J connectivity index is 2.02. The zero-order valence-electron chi connectivity index (χ0n) is 12.2. The fourth-order valence-corrected chi connectivity index (χ4v) is 1.85. The molecule has 0 aliphatic heterocycles. The molecule has 0 aliphatic rings. The number of oxazole rings is 1. The Labute approximate surface area is 123 Å². The molecule has 0 saturated carbocycles. The number of ether oxygens (including phenoxy) is 1. The summed E-state index contributed by atoms with van der Waals surface area (Å²) in [6, 6.07) is 4.94. The van der Waals surface area contributed by atoms with Crippen molar-refractivity contribution in [3.63, 3.8) is 0 Å². The summed E-state index contributed by atoms with van der Waals surface area (Å²) in [7, 11) is 0. The number of benzene rings is 1. The van der Waals surface area contributed by atoms with Crippen molar-refractivity contribution < 1.29 is 13.9 Å². The largest absolute Gasteiger partial charge is 0.494 e. The molecule has 0 fully saturated rings. The number of nitrogens with two attached hydrogens (primary N) is 1. The van der Waals surface area contributed by atoms with Crippen LogP contribution < -0.4 is 15.8 Å². The monoisotopic (exact) mass is 289 g/mol. The Kier molecular flexibility index (Phi) is 4.81. The highest BCUT2D eigenvalue weighted by Gasteiger charge is 2.10. The molecule has 0 radical (unpaired) electrons. The van der Waals surface area contributed by atoms with Crippen LogP contribution in [0.5, 0.6) is 5.75 Å². The van der Waals surface area contributed by atoms with Crippen LogP contribution in [0.3, 0.4) is 0 Å². The first-order valence-corrected chi connectivity index (χ1v) is 6.87. The highest BCUT2D eigenvalue weighted by molar-refractivity contribution is 5.95. The molecule has 0 aliphatic carbocycles. The van der Waals surface area contributed by atoms with Crippen LogP contribution in [0.25, 0.3) is 0 Å². The minimum absolute atomic E-state index is 0.234. The molecule has 0 unspecified atom stereocenters. The van der Waals surface area contributed by atoms with Crippen molar-refractivity contribution in [3.8, 4) is 5.75 Å². The number of nitrogen functional groups attached to an aromatic ring is 1. The van der Waals surface area contributed by atoms with E-state index in [1.165, 1.54) is 0 Å². The molecule has 0 saturated heterocycles. The van der Waals surface area contributed by atoms with Gasteiger partial charge in [0.1, 0.15) is 11.5 Å². The molecule has 112 valence electrons. The van der Waals surface area contributed by atoms with Crippen molar-refractivity contribution in [2.75, 3.05) is 12.3 Å². The van der Waals surface area contributed by atoms with Gasteiger partial charge in [0, 0.05) is 23.7 Å². The molecule has 1 aromatic heterocycles. The third-order valence-electron chi connectivity index (χ3n) is 2.85. The summed E-state index contributed by atoms with van der Waals surface area (Å²) in [5, 5.41) is 2.74. The summed E-state index contributed by atoms with van der Waals surface area (Å²) in [5.74, 6) is 1.60. The van der Waals surface area contributed by atoms with E-state index in [1.54, 1.807) is 24.4 Å². The van der Waals surface area contributed by atoms with Gasteiger partial charge in [0.05, 0.1) is 19.3 Å². The first-order chi connectivity index (χ1) is 10.1. The molecule has 1 aromatic carbocycles. The predicted octanol–water partition coefficient (Wildman–Crippen LogP) is 2.15. The standard InChI is InChI=1S/C15H19N3O3/c1-3-12-8-17-14(21-12)9-18-15(19)10-5-11(16)7-13(6-10)20-4-2/h5-8H,3-4,9,16H2,1-2H3,(H,18,19). The fourth-order valence-electron chi connectivity index (χ4n) is 1.85. The number of hydrogen-bond acceptors (Lipinski definition) is 5. The number of aromatic nitrogens is 1. The van der Waals surface area contributed by atoms with Crippen molar-refractivity contribution >= 4 is 11.6 Å². The number of hydrogen-bond donors (Lipinski definition) is 2. The van der Waals surface area contributed by atoms with Gasteiger partial charge < -0.3 is 20.2 Å². The maximum atomic E-state index is 12.1. The Morgan fingerprint density at radius 3 is 2.86 bits per heavy atom. The number of nitrogens with one attached hydrogen (secondary N) is 1. The smallest absolute Gasteiger partial charge is 0.251 e. The normalized spacial score (nSPS) is 10.4. The average Bonchev–Trinajstić information content (AvgIpc) is 2.92. The van der Waals surface area contributed by atoms with Crippen molar-refractivity contribution in [3.05, 3.63) is 41.6 Å². The molecule has 1 amide bonds. The zero-order valence-corrected chi connectivity index (χ0v) is 12.2. The first kappa shape index (κ1) is 14.9. The second kappa shape index (κ2) is 6.78. The van der Waals surface area contributed by atoms with Gasteiger partial charge >= 0.3 is 0 Å². The Hall–Kier alpha value is -2.50. The van der Waals surface area contributed by atoms with Crippen molar-refractivity contribution in [1.29, 1.82) is 0 Å². The topological polar surface area (TPSA) is 90.4 Å². The van der Waals surface area contributed by atoms with Crippen LogP contribution in [0.15, 0.2) is 28.8 Å². The van der Waals surface area contributed by atoms with Gasteiger partial charge in [-0.1, -0.05) is 6.92 Å². The van der Waals surface area contributed by atoms with Crippen molar-refractivity contribution in [1.82, 2.24) is 10.3 Å². The molecular weight excluding hydrogens is 270 g/mol. The van der Waals surface area contributed by atoms with Crippen molar-refractivity contribution in [2.45, 2.75) is 26.8 Å². The third kappa shape index (κ3) is 3.98. The minimum Gasteiger partial charge on any atom is -0.494 e. The Morgan fingerprint density at radius 2 is 2.19 bits per heavy atom. The molecule has 1 heterocycles. The molecule has 6 nitrogen and oxygen atoms in total. The second-order valence-electron chi connectivity index (χ2n) is 4.48. The summed E-state index contributed by atoms with van der Waals surface area (Å²) >= 11 is 0. The van der Waals surface area contributed by atoms with E-state index in [1.807, 2.05) is 13.8 Å². The Morgan fingerprint density at radius 1 is 1.38 bits per heavy atom. The highest BCUT2D eigenvalue weighted by Crippen LogP contribution is 2.19. The summed E-state index contributed by atoms with van der Waals surface area (Å²) in [5.41, 5.74) is 6.69. The maximum Gasteiger partial charge on any atom is 0.251 e. The van der Waals surface area contributed by atoms with Crippen LogP contribution in [-0.2, 0) is 13.0 Å². The minimum atomic E-state index is -0.250. The van der Waals surface area contributed by atoms with E-state index in [4.69, 9.17) is 14.9 Å². The van der Waals surface area contributed by atoms with Crippen LogP contribution in [0.4, 0.5) is 5.69 Å². The van der Waals surface area contributed by atoms with Crippen LogP contribution in [0.1, 0.15) is 35.9 Å². The first-order valence-electron chi connectivity index (χ1n) is 6.87. The highest BCUT2D eigenvalue weighted by atomic mass is 16.5. The van der Waals surface area contributed by atoms with E-state index in [0.717, 1.165) is 12.2 Å². The quantitative estimate of drug-likeness (QED) is 0.795. The number of amides is 1. The average molecular weight is 289 g/mol. The van der Waals surface area contributed by atoms with Gasteiger partial charge in [-0.3, -0.25) is 4.79 Å². The summed E-state index contributed by atoms with van der Waals surface area (Å²) < 4.78 is 10.8. The lowest BCUT2D eigenvalue weighted by molar-refractivity contribution is 0.0946. The lowest BCUT2D eigenvalue weighted by Crippen LogP contribution is -2.23. The van der Waals surface area contributed by atoms with Gasteiger partial charge in [-0.2, -0.15) is 0 Å². The number of carbonyl (C=O) groups excluding carboxylic acids is 1. The third-order valence-corrected chi connectivity index (χ3v) is 2.85. The van der Waals surface area contributed by atoms with Gasteiger partial charge in [-0.15, -0.1) is 0 Å². The Bertz CT molecular complexity index is 622. The molecule has 2 rings (SSSR count). The molecule has 2 aromatic rings. The molecule has 0 atom stereocenters. The van der Waals surface area contributed by atoms with E-state index in [2.05, 4.69) is 10.3 Å². The van der Waals surface area contributed by atoms with E-state index in [0.29, 0.717) is 29.5 Å². The van der Waals surface area contributed by atoms with Crippen LogP contribution in [0, 0.1) is 0 Å². The molecule has 3 N–H and O–H groups in total. The summed E-state index contributed by atoms with van der Waals surface area (Å²) in [6.07, 6.45) is 2.43.